The van der Waals surface area contributed by atoms with Crippen molar-refractivity contribution in [1.29, 1.82) is 0 Å². The number of nitrogens with two attached hydrogens (primary N) is 1. The van der Waals surface area contributed by atoms with Crippen molar-refractivity contribution >= 4 is 23.2 Å². The third-order valence-corrected chi connectivity index (χ3v) is 6.71. The van der Waals surface area contributed by atoms with Crippen LogP contribution in [-0.4, -0.2) is 75.7 Å². The highest BCUT2D eigenvalue weighted by molar-refractivity contribution is 5.61. The van der Waals surface area contributed by atoms with E-state index in [9.17, 15) is 8.78 Å². The Bertz CT molecular complexity index is 1160. The van der Waals surface area contributed by atoms with E-state index in [1.165, 1.54) is 12.8 Å². The number of halogens is 2. The molecule has 1 aliphatic heterocycles. The Labute approximate surface area is 211 Å². The number of pyridine rings is 1. The molecular formula is C25H37F2N9. The standard InChI is InChI=1S/C25H37F2N9/c1-5-6-20(21(26)27)31-25-32-22(28)24-30-14-19(36(24)33-25)12-18-11-16(2)23(29-13-18)35-9-7-17(8-10-35)15-34(3)4/h11,13-14,17,20-21H,5-10,12,15H2,1-4H3,(H3,28,31,32,33)/t20-/m1/s1. The number of piperidine rings is 1. The molecule has 0 amide bonds. The normalized spacial score (nSPS) is 15.8. The average molecular weight is 502 g/mol. The van der Waals surface area contributed by atoms with Gasteiger partial charge in [0, 0.05) is 32.3 Å². The van der Waals surface area contributed by atoms with Crippen molar-refractivity contribution in [2.45, 2.75) is 58.4 Å². The van der Waals surface area contributed by atoms with Crippen LogP contribution in [0.4, 0.5) is 26.4 Å². The molecule has 0 saturated carbocycles. The summed E-state index contributed by atoms with van der Waals surface area (Å²) in [5.74, 6) is 1.98. The lowest BCUT2D eigenvalue weighted by Crippen LogP contribution is -2.37. The molecule has 1 saturated heterocycles. The number of anilines is 3. The highest BCUT2D eigenvalue weighted by Gasteiger charge is 2.23. The van der Waals surface area contributed by atoms with Crippen LogP contribution in [-0.2, 0) is 6.42 Å². The van der Waals surface area contributed by atoms with Gasteiger partial charge in [-0.15, -0.1) is 5.10 Å². The van der Waals surface area contributed by atoms with E-state index in [0.717, 1.165) is 48.2 Å². The Hall–Kier alpha value is -3.08. The second-order valence-electron chi connectivity index (χ2n) is 10.0. The minimum atomic E-state index is -2.53. The van der Waals surface area contributed by atoms with Crippen LogP contribution in [0, 0.1) is 12.8 Å². The van der Waals surface area contributed by atoms with Crippen LogP contribution in [0.25, 0.3) is 5.65 Å². The van der Waals surface area contributed by atoms with Crippen molar-refractivity contribution < 1.29 is 8.78 Å². The van der Waals surface area contributed by atoms with Gasteiger partial charge in [0.1, 0.15) is 5.82 Å². The maximum Gasteiger partial charge on any atom is 0.258 e. The van der Waals surface area contributed by atoms with Crippen LogP contribution in [0.5, 0.6) is 0 Å². The first kappa shape index (κ1) is 26.0. The molecule has 11 heteroatoms. The number of nitrogen functional groups attached to an aromatic ring is 1. The lowest BCUT2D eigenvalue weighted by Gasteiger charge is -2.34. The highest BCUT2D eigenvalue weighted by atomic mass is 19.3. The van der Waals surface area contributed by atoms with Gasteiger partial charge in [-0.3, -0.25) is 0 Å². The zero-order valence-electron chi connectivity index (χ0n) is 21.6. The Morgan fingerprint density at radius 1 is 1.19 bits per heavy atom. The number of fused-ring (bicyclic) bond motifs is 1. The zero-order chi connectivity index (χ0) is 25.8. The van der Waals surface area contributed by atoms with Gasteiger partial charge in [0.25, 0.3) is 6.43 Å². The second-order valence-corrected chi connectivity index (χ2v) is 10.0. The summed E-state index contributed by atoms with van der Waals surface area (Å²) in [5, 5.41) is 7.16. The Morgan fingerprint density at radius 3 is 2.58 bits per heavy atom. The molecule has 0 aromatic carbocycles. The summed E-state index contributed by atoms with van der Waals surface area (Å²) in [4.78, 5) is 17.9. The van der Waals surface area contributed by atoms with E-state index >= 15 is 0 Å². The molecule has 0 aliphatic carbocycles. The summed E-state index contributed by atoms with van der Waals surface area (Å²) in [6.45, 7) is 7.11. The second kappa shape index (κ2) is 11.3. The van der Waals surface area contributed by atoms with E-state index in [0.29, 0.717) is 24.9 Å². The molecule has 1 aliphatic rings. The number of imidazole rings is 1. The first-order valence-electron chi connectivity index (χ1n) is 12.6. The molecule has 0 bridgehead atoms. The Balaban J connectivity index is 1.49. The molecular weight excluding hydrogens is 464 g/mol. The first-order valence-corrected chi connectivity index (χ1v) is 12.6. The summed E-state index contributed by atoms with van der Waals surface area (Å²) < 4.78 is 28.4. The van der Waals surface area contributed by atoms with Gasteiger partial charge in [0.05, 0.1) is 17.9 Å². The highest BCUT2D eigenvalue weighted by Crippen LogP contribution is 2.26. The number of nitrogens with zero attached hydrogens (tertiary/aromatic N) is 7. The minimum Gasteiger partial charge on any atom is -0.380 e. The van der Waals surface area contributed by atoms with Crippen LogP contribution in [0.2, 0.25) is 0 Å². The number of hydrogen-bond donors (Lipinski definition) is 2. The van der Waals surface area contributed by atoms with E-state index in [1.807, 2.05) is 13.1 Å². The van der Waals surface area contributed by atoms with E-state index < -0.39 is 12.5 Å². The van der Waals surface area contributed by atoms with Crippen LogP contribution >= 0.6 is 0 Å². The molecule has 0 radical (unpaired) electrons. The largest absolute Gasteiger partial charge is 0.380 e. The van der Waals surface area contributed by atoms with E-state index in [4.69, 9.17) is 10.7 Å². The van der Waals surface area contributed by atoms with Gasteiger partial charge in [0.15, 0.2) is 11.5 Å². The number of aromatic nitrogens is 5. The van der Waals surface area contributed by atoms with Crippen LogP contribution < -0.4 is 16.0 Å². The van der Waals surface area contributed by atoms with Crippen molar-refractivity contribution in [3.05, 3.63) is 35.3 Å². The maximum atomic E-state index is 13.4. The molecule has 9 nitrogen and oxygen atoms in total. The fraction of sp³-hybridized carbons (Fsp3) is 0.600. The van der Waals surface area contributed by atoms with Crippen LogP contribution in [0.1, 0.15) is 49.4 Å². The predicted octanol–water partition coefficient (Wildman–Crippen LogP) is 3.62. The fourth-order valence-corrected chi connectivity index (χ4v) is 4.97. The Kier molecular flexibility index (Phi) is 8.17. The van der Waals surface area contributed by atoms with Gasteiger partial charge in [-0.25, -0.2) is 23.3 Å². The van der Waals surface area contributed by atoms with Gasteiger partial charge in [-0.2, -0.15) is 4.98 Å². The smallest absolute Gasteiger partial charge is 0.258 e. The number of nitrogens with one attached hydrogen (secondary N) is 1. The predicted molar refractivity (Wildman–Crippen MR) is 139 cm³/mol. The molecule has 3 aromatic rings. The number of alkyl halides is 2. The third-order valence-electron chi connectivity index (χ3n) is 6.71. The molecule has 4 heterocycles. The minimum absolute atomic E-state index is 0.0697. The summed E-state index contributed by atoms with van der Waals surface area (Å²) in [6.07, 6.45) is 4.86. The summed E-state index contributed by atoms with van der Waals surface area (Å²) >= 11 is 0. The van der Waals surface area contributed by atoms with Gasteiger partial charge in [-0.05, 0) is 57.3 Å². The molecule has 1 atom stereocenters. The fourth-order valence-electron chi connectivity index (χ4n) is 4.97. The molecule has 196 valence electrons. The van der Waals surface area contributed by atoms with Crippen LogP contribution in [0.3, 0.4) is 0 Å². The topological polar surface area (TPSA) is 100 Å². The quantitative estimate of drug-likeness (QED) is 0.435. The van der Waals surface area contributed by atoms with Crippen molar-refractivity contribution in [3.8, 4) is 0 Å². The summed E-state index contributed by atoms with van der Waals surface area (Å²) in [5.41, 5.74) is 9.40. The molecule has 3 N–H and O–H groups in total. The van der Waals surface area contributed by atoms with Gasteiger partial charge < -0.3 is 20.9 Å². The molecule has 1 fully saturated rings. The van der Waals surface area contributed by atoms with Crippen LogP contribution in [0.15, 0.2) is 18.5 Å². The van der Waals surface area contributed by atoms with Crippen molar-refractivity contribution in [2.24, 2.45) is 5.92 Å². The monoisotopic (exact) mass is 501 g/mol. The molecule has 36 heavy (non-hydrogen) atoms. The summed E-state index contributed by atoms with van der Waals surface area (Å²) in [6, 6.07) is 1.11. The van der Waals surface area contributed by atoms with Crippen molar-refractivity contribution in [1.82, 2.24) is 29.5 Å². The van der Waals surface area contributed by atoms with Gasteiger partial charge in [0.2, 0.25) is 5.95 Å². The third kappa shape index (κ3) is 6.00. The molecule has 4 rings (SSSR count). The maximum absolute atomic E-state index is 13.4. The summed E-state index contributed by atoms with van der Waals surface area (Å²) in [7, 11) is 4.26. The van der Waals surface area contributed by atoms with Crippen molar-refractivity contribution in [2.75, 3.05) is 49.7 Å². The number of hydrogen-bond acceptors (Lipinski definition) is 8. The molecule has 0 spiro atoms. The van der Waals surface area contributed by atoms with Gasteiger partial charge in [-0.1, -0.05) is 19.4 Å². The number of aryl methyl sites for hydroxylation is 1. The first-order chi connectivity index (χ1) is 17.2. The SMILES string of the molecule is CCC[C@@H](Nc1nc(N)c2ncc(Cc3cnc(N4CCC(CN(C)C)CC4)c(C)c3)n2n1)C(F)F. The number of rotatable bonds is 10. The lowest BCUT2D eigenvalue weighted by atomic mass is 9.96. The van der Waals surface area contributed by atoms with Gasteiger partial charge >= 0.3 is 0 Å². The molecule has 3 aromatic heterocycles. The van der Waals surface area contributed by atoms with E-state index in [2.05, 4.69) is 57.3 Å². The average Bonchev–Trinajstić information content (AvgIpc) is 3.22. The van der Waals surface area contributed by atoms with Crippen molar-refractivity contribution in [3.63, 3.8) is 0 Å². The lowest BCUT2D eigenvalue weighted by molar-refractivity contribution is 0.119. The van der Waals surface area contributed by atoms with E-state index in [-0.39, 0.29) is 11.8 Å². The van der Waals surface area contributed by atoms with E-state index in [1.54, 1.807) is 10.7 Å². The Morgan fingerprint density at radius 2 is 1.94 bits per heavy atom. The zero-order valence-corrected chi connectivity index (χ0v) is 21.6. The molecule has 0 unspecified atom stereocenters.